The normalized spacial score (nSPS) is 11.5. The van der Waals surface area contributed by atoms with Crippen molar-refractivity contribution in [1.29, 1.82) is 0 Å². The van der Waals surface area contributed by atoms with E-state index in [4.69, 9.17) is 9.47 Å². The summed E-state index contributed by atoms with van der Waals surface area (Å²) >= 11 is 0. The SMILES string of the molecule is CCOc1ccc(S(=O)(=O)C(=[N+]=[N-])S(=O)(=O)c2ccc(OCC)cc2)cc1. The maximum atomic E-state index is 12.7. The molecule has 144 valence electrons. The zero-order valence-corrected chi connectivity index (χ0v) is 16.3. The van der Waals surface area contributed by atoms with Crippen LogP contribution in [0.4, 0.5) is 0 Å². The first-order valence-electron chi connectivity index (χ1n) is 7.95. The predicted octanol–water partition coefficient (Wildman–Crippen LogP) is 2.32. The van der Waals surface area contributed by atoms with Crippen molar-refractivity contribution in [3.05, 3.63) is 54.1 Å². The van der Waals surface area contributed by atoms with E-state index in [0.29, 0.717) is 24.7 Å². The fraction of sp³-hybridized carbons (Fsp3) is 0.235. The molecule has 0 amide bonds. The Bertz CT molecular complexity index is 972. The highest BCUT2D eigenvalue weighted by molar-refractivity contribution is 8.31. The van der Waals surface area contributed by atoms with Crippen molar-refractivity contribution < 1.29 is 31.1 Å². The van der Waals surface area contributed by atoms with Gasteiger partial charge in [0, 0.05) is 0 Å². The molecule has 27 heavy (non-hydrogen) atoms. The quantitative estimate of drug-likeness (QED) is 0.312. The van der Waals surface area contributed by atoms with Crippen LogP contribution in [0.1, 0.15) is 13.8 Å². The second kappa shape index (κ2) is 8.34. The standard InChI is InChI=1S/C17H18N2O6S2/c1-3-24-13-5-9-15(10-6-13)26(20,21)17(19-18)27(22,23)16-11-7-14(8-12-16)25-4-2/h5-12H,3-4H2,1-2H3. The van der Waals surface area contributed by atoms with Crippen LogP contribution in [-0.4, -0.2) is 39.2 Å². The van der Waals surface area contributed by atoms with Crippen molar-refractivity contribution in [3.63, 3.8) is 0 Å². The summed E-state index contributed by atoms with van der Waals surface area (Å²) in [6.45, 7) is 4.32. The van der Waals surface area contributed by atoms with E-state index in [0.717, 1.165) is 0 Å². The Kier molecular flexibility index (Phi) is 6.37. The molecule has 0 aliphatic carbocycles. The van der Waals surface area contributed by atoms with Crippen LogP contribution in [0.2, 0.25) is 0 Å². The van der Waals surface area contributed by atoms with E-state index in [1.54, 1.807) is 13.8 Å². The van der Waals surface area contributed by atoms with Crippen LogP contribution in [0, 0.1) is 0 Å². The molecule has 0 atom stereocenters. The molecule has 2 aromatic rings. The minimum absolute atomic E-state index is 0.340. The van der Waals surface area contributed by atoms with Crippen molar-refractivity contribution in [2.24, 2.45) is 0 Å². The second-order valence-electron chi connectivity index (χ2n) is 5.18. The molecule has 2 rings (SSSR count). The Morgan fingerprint density at radius 3 is 1.37 bits per heavy atom. The zero-order chi connectivity index (χ0) is 20.1. The van der Waals surface area contributed by atoms with Crippen molar-refractivity contribution in [2.45, 2.75) is 23.6 Å². The third kappa shape index (κ3) is 4.36. The minimum Gasteiger partial charge on any atom is -0.494 e. The first-order valence-corrected chi connectivity index (χ1v) is 10.9. The largest absolute Gasteiger partial charge is 0.504 e. The van der Waals surface area contributed by atoms with Crippen LogP contribution in [-0.2, 0) is 19.7 Å². The summed E-state index contributed by atoms with van der Waals surface area (Å²) in [5, 5.41) is 0. The first kappa shape index (κ1) is 20.6. The first-order chi connectivity index (χ1) is 12.8. The lowest BCUT2D eigenvalue weighted by atomic mass is 10.3. The van der Waals surface area contributed by atoms with Crippen molar-refractivity contribution in [2.75, 3.05) is 13.2 Å². The van der Waals surface area contributed by atoms with Crippen LogP contribution in [0.5, 0.6) is 11.5 Å². The van der Waals surface area contributed by atoms with E-state index in [2.05, 4.69) is 4.79 Å². The molecule has 0 unspecified atom stereocenters. The topological polar surface area (TPSA) is 123 Å². The van der Waals surface area contributed by atoms with Gasteiger partial charge in [0.15, 0.2) is 0 Å². The summed E-state index contributed by atoms with van der Waals surface area (Å²) in [7, 11) is -9.17. The molecule has 0 aliphatic rings. The lowest BCUT2D eigenvalue weighted by Crippen LogP contribution is -2.26. The number of benzene rings is 2. The third-order valence-corrected chi connectivity index (χ3v) is 7.62. The van der Waals surface area contributed by atoms with E-state index in [1.165, 1.54) is 48.5 Å². The zero-order valence-electron chi connectivity index (χ0n) is 14.7. The molecule has 0 saturated carbocycles. The Morgan fingerprint density at radius 2 is 1.11 bits per heavy atom. The summed E-state index contributed by atoms with van der Waals surface area (Å²) in [5.41, 5.74) is 9.18. The van der Waals surface area contributed by atoms with Gasteiger partial charge in [0.1, 0.15) is 11.5 Å². The van der Waals surface area contributed by atoms with E-state index < -0.39 is 24.1 Å². The van der Waals surface area contributed by atoms with Crippen molar-refractivity contribution >= 4 is 24.1 Å². The number of sulfone groups is 2. The van der Waals surface area contributed by atoms with Gasteiger partial charge in [0.25, 0.3) is 19.7 Å². The molecule has 10 heteroatoms. The lowest BCUT2D eigenvalue weighted by Gasteiger charge is -2.06. The maximum absolute atomic E-state index is 12.7. The average Bonchev–Trinajstić information content (AvgIpc) is 2.63. The fourth-order valence-corrected chi connectivity index (χ4v) is 5.56. The summed E-state index contributed by atoms with van der Waals surface area (Å²) in [5.74, 6) is 0.849. The molecule has 2 aromatic carbocycles. The average molecular weight is 410 g/mol. The van der Waals surface area contributed by atoms with Gasteiger partial charge in [-0.1, -0.05) is 0 Å². The Morgan fingerprint density at radius 1 is 0.778 bits per heavy atom. The highest BCUT2D eigenvalue weighted by Gasteiger charge is 2.44. The highest BCUT2D eigenvalue weighted by atomic mass is 32.3. The van der Waals surface area contributed by atoms with Gasteiger partial charge >= 0.3 is 4.38 Å². The molecule has 0 aromatic heterocycles. The van der Waals surface area contributed by atoms with Crippen LogP contribution < -0.4 is 9.47 Å². The van der Waals surface area contributed by atoms with Crippen LogP contribution in [0.15, 0.2) is 58.3 Å². The van der Waals surface area contributed by atoms with Crippen molar-refractivity contribution in [3.8, 4) is 11.5 Å². The molecule has 0 radical (unpaired) electrons. The summed E-state index contributed by atoms with van der Waals surface area (Å²) in [6.07, 6.45) is 0. The molecule has 0 spiro atoms. The highest BCUT2D eigenvalue weighted by Crippen LogP contribution is 2.24. The van der Waals surface area contributed by atoms with Gasteiger partial charge in [-0.25, -0.2) is 16.8 Å². The van der Waals surface area contributed by atoms with Gasteiger partial charge in [0.05, 0.1) is 23.0 Å². The fourth-order valence-electron chi connectivity index (χ4n) is 2.22. The van der Waals surface area contributed by atoms with E-state index in [1.807, 2.05) is 0 Å². The smallest absolute Gasteiger partial charge is 0.494 e. The summed E-state index contributed by atoms with van der Waals surface area (Å²) in [4.78, 5) is 1.90. The van der Waals surface area contributed by atoms with Gasteiger partial charge in [-0.15, -0.1) is 4.79 Å². The summed E-state index contributed by atoms with van der Waals surface area (Å²) < 4.78 is 59.8. The predicted molar refractivity (Wildman–Crippen MR) is 98.2 cm³/mol. The molecule has 0 bridgehead atoms. The van der Waals surface area contributed by atoms with Gasteiger partial charge in [-0.3, -0.25) is 0 Å². The maximum Gasteiger partial charge on any atom is 0.504 e. The number of hydrogen-bond acceptors (Lipinski definition) is 6. The monoisotopic (exact) mass is 410 g/mol. The molecular weight excluding hydrogens is 392 g/mol. The third-order valence-electron chi connectivity index (χ3n) is 3.43. The number of hydrogen-bond donors (Lipinski definition) is 0. The Hall–Kier alpha value is -2.68. The van der Waals surface area contributed by atoms with E-state index in [-0.39, 0.29) is 9.79 Å². The molecule has 0 fully saturated rings. The van der Waals surface area contributed by atoms with E-state index >= 15 is 0 Å². The van der Waals surface area contributed by atoms with Gasteiger partial charge in [0.2, 0.25) is 0 Å². The van der Waals surface area contributed by atoms with Gasteiger partial charge in [-0.2, -0.15) is 0 Å². The summed E-state index contributed by atoms with van der Waals surface area (Å²) in [6, 6.07) is 10.3. The van der Waals surface area contributed by atoms with E-state index in [9.17, 15) is 22.4 Å². The van der Waals surface area contributed by atoms with Crippen molar-refractivity contribution in [1.82, 2.24) is 0 Å². The molecule has 0 heterocycles. The number of nitrogens with zero attached hydrogens (tertiary/aromatic N) is 2. The molecule has 0 saturated heterocycles. The molecule has 8 nitrogen and oxygen atoms in total. The number of ether oxygens (including phenoxy) is 2. The Balaban J connectivity index is 2.45. The second-order valence-corrected chi connectivity index (χ2v) is 9.17. The van der Waals surface area contributed by atoms with Gasteiger partial charge < -0.3 is 15.0 Å². The van der Waals surface area contributed by atoms with Crippen LogP contribution in [0.25, 0.3) is 5.53 Å². The Labute approximate surface area is 157 Å². The van der Waals surface area contributed by atoms with Crippen LogP contribution in [0.3, 0.4) is 0 Å². The number of rotatable bonds is 6. The minimum atomic E-state index is -4.58. The molecular formula is C17H18N2O6S2. The van der Waals surface area contributed by atoms with Gasteiger partial charge in [-0.05, 0) is 62.4 Å². The molecule has 0 aliphatic heterocycles. The molecule has 0 N–H and O–H groups in total. The lowest BCUT2D eigenvalue weighted by molar-refractivity contribution is 0.00380. The van der Waals surface area contributed by atoms with Crippen LogP contribution >= 0.6 is 0 Å².